The number of carbonyl (C=O) groups is 4. The fourth-order valence-corrected chi connectivity index (χ4v) is 11.9. The molecule has 0 aromatic heterocycles. The molecule has 0 heterocycles. The van der Waals surface area contributed by atoms with Gasteiger partial charge in [-0.2, -0.15) is 0 Å². The maximum absolute atomic E-state index is 13.1. The van der Waals surface area contributed by atoms with Gasteiger partial charge in [0.2, 0.25) is 0 Å². The first-order valence-corrected chi connectivity index (χ1v) is 45.3. The number of hydrogen-bond donors (Lipinski definition) is 3. The molecule has 112 heavy (non-hydrogen) atoms. The lowest BCUT2D eigenvalue weighted by Gasteiger charge is -2.21. The van der Waals surface area contributed by atoms with E-state index in [1.807, 2.05) is 36.5 Å². The largest absolute Gasteiger partial charge is 0.472 e. The van der Waals surface area contributed by atoms with Gasteiger partial charge in [-0.25, -0.2) is 9.13 Å². The van der Waals surface area contributed by atoms with Gasteiger partial charge < -0.3 is 33.8 Å². The van der Waals surface area contributed by atoms with Gasteiger partial charge in [0.1, 0.15) is 19.3 Å². The summed E-state index contributed by atoms with van der Waals surface area (Å²) in [6.45, 7) is 4.44. The molecule has 0 aliphatic rings. The minimum Gasteiger partial charge on any atom is -0.462 e. The maximum atomic E-state index is 13.1. The number of aliphatic hydroxyl groups is 1. The lowest BCUT2D eigenvalue weighted by molar-refractivity contribution is -0.161. The molecule has 0 saturated heterocycles. The lowest BCUT2D eigenvalue weighted by Crippen LogP contribution is -2.30. The number of carbonyl (C=O) groups excluding carboxylic acids is 4. The highest BCUT2D eigenvalue weighted by Crippen LogP contribution is 2.45. The SMILES string of the molecule is CC/C=C\C/C=C\C/C=C\C/C=C\C/C=C\CCCCCC(=O)OC[C@H](COP(=O)(O)OC[C@@H](O)COP(=O)(O)OC[C@@H](COC(=O)CC/C=C\C/C=C\C/C=C\C/C=C\C/C=C\CCCCC)OC(=O)CC/C=C\C/C=C\C/C=C\C/C=C\C/C=C\CCCCC)OC(=O)CCCCCCC/C=C\C/C=C\CCCCC. The number of esters is 4. The average molecular weight is 1600 g/mol. The van der Waals surface area contributed by atoms with Crippen LogP contribution in [-0.4, -0.2) is 96.7 Å². The second-order valence-corrected chi connectivity index (χ2v) is 30.2. The van der Waals surface area contributed by atoms with E-state index in [0.29, 0.717) is 38.5 Å². The van der Waals surface area contributed by atoms with Crippen molar-refractivity contribution < 1.29 is 80.2 Å². The predicted octanol–water partition coefficient (Wildman–Crippen LogP) is 25.4. The Hall–Kier alpha value is -6.36. The Balaban J connectivity index is 5.58. The first kappa shape index (κ1) is 106. The van der Waals surface area contributed by atoms with Crippen molar-refractivity contribution in [2.45, 2.75) is 316 Å². The van der Waals surface area contributed by atoms with E-state index in [1.165, 1.54) is 57.8 Å². The summed E-state index contributed by atoms with van der Waals surface area (Å²) in [5.41, 5.74) is 0. The van der Waals surface area contributed by atoms with Crippen molar-refractivity contribution in [3.05, 3.63) is 207 Å². The number of ether oxygens (including phenoxy) is 4. The normalized spacial score (nSPS) is 14.8. The smallest absolute Gasteiger partial charge is 0.462 e. The van der Waals surface area contributed by atoms with Gasteiger partial charge in [0.05, 0.1) is 26.4 Å². The molecule has 19 heteroatoms. The van der Waals surface area contributed by atoms with E-state index in [4.69, 9.17) is 37.0 Å². The van der Waals surface area contributed by atoms with Crippen molar-refractivity contribution in [2.75, 3.05) is 39.6 Å². The van der Waals surface area contributed by atoms with Crippen LogP contribution >= 0.6 is 15.6 Å². The molecule has 3 N–H and O–H groups in total. The monoisotopic (exact) mass is 1600 g/mol. The molecule has 0 fully saturated rings. The summed E-state index contributed by atoms with van der Waals surface area (Å²) in [4.78, 5) is 73.2. The van der Waals surface area contributed by atoms with E-state index in [1.54, 1.807) is 0 Å². The van der Waals surface area contributed by atoms with E-state index in [0.717, 1.165) is 148 Å². The zero-order valence-electron chi connectivity index (χ0n) is 69.3. The molecule has 0 bridgehead atoms. The molecule has 0 radical (unpaired) electrons. The molecular formula is C93H148O17P2. The number of rotatable bonds is 77. The number of phosphoric acid groups is 2. The highest BCUT2D eigenvalue weighted by atomic mass is 31.2. The summed E-state index contributed by atoms with van der Waals surface area (Å²) in [5, 5.41) is 10.7. The second kappa shape index (κ2) is 82.6. The molecule has 0 rings (SSSR count). The van der Waals surface area contributed by atoms with Crippen LogP contribution in [0, 0.1) is 0 Å². The Labute approximate surface area is 678 Å². The highest BCUT2D eigenvalue weighted by Gasteiger charge is 2.30. The standard InChI is InChI=1S/C93H148O17P2/c1-5-9-13-17-21-25-29-33-37-40-43-46-50-53-57-61-65-69-73-77-90(95)103-83-88(109-92(97)79-75-71-67-63-59-55-49-36-32-28-24-20-16-12-8-4)85-107-111(99,100)105-81-87(94)82-106-112(101,102)108-86-89(110-93(98)80-76-72-68-64-60-56-52-48-45-42-39-35-31-27-23-19-15-11-7-3)84-104-91(96)78-74-70-66-62-58-54-51-47-44-41-38-34-30-26-22-18-14-10-6-2/h9,13,21-28,33-39,43-49,53-54,56-58,60,66,68,70,72,87-89,94H,5-8,10-12,14-20,29-32,40-42,50-52,55,59,61-65,67,69,71,73-86H2,1-4H3,(H,99,100)(H,101,102)/b13-9-,25-21-,26-22-,27-23-,28-24-,37-33-,38-34-,39-35-,46-43-,47-44-,48-45-,49-36-,57-53-,58-54-,60-56-,70-66-,72-68-/t87-,88-,89-/m1/s1. The minimum atomic E-state index is -5.03. The Bertz CT molecular complexity index is 2940. The molecule has 0 spiro atoms. The van der Waals surface area contributed by atoms with Gasteiger partial charge in [-0.15, -0.1) is 0 Å². The van der Waals surface area contributed by atoms with Gasteiger partial charge >= 0.3 is 39.5 Å². The summed E-state index contributed by atoms with van der Waals surface area (Å²) in [6.07, 6.45) is 104. The van der Waals surface area contributed by atoms with Gasteiger partial charge in [0, 0.05) is 25.7 Å². The minimum absolute atomic E-state index is 0.0135. The zero-order chi connectivity index (χ0) is 81.7. The molecule has 632 valence electrons. The van der Waals surface area contributed by atoms with E-state index < -0.39 is 97.5 Å². The van der Waals surface area contributed by atoms with Gasteiger partial charge in [0.25, 0.3) is 0 Å². The molecular weight excluding hydrogens is 1450 g/mol. The van der Waals surface area contributed by atoms with Crippen LogP contribution in [0.5, 0.6) is 0 Å². The summed E-state index contributed by atoms with van der Waals surface area (Å²) < 4.78 is 68.6. The van der Waals surface area contributed by atoms with Crippen molar-refractivity contribution >= 4 is 39.5 Å². The molecule has 0 amide bonds. The van der Waals surface area contributed by atoms with Crippen LogP contribution in [0.3, 0.4) is 0 Å². The van der Waals surface area contributed by atoms with Crippen molar-refractivity contribution in [1.82, 2.24) is 0 Å². The molecule has 0 aromatic rings. The van der Waals surface area contributed by atoms with E-state index in [-0.39, 0.29) is 25.7 Å². The van der Waals surface area contributed by atoms with Crippen LogP contribution in [0.2, 0.25) is 0 Å². The zero-order valence-corrected chi connectivity index (χ0v) is 71.0. The van der Waals surface area contributed by atoms with Crippen molar-refractivity contribution in [3.8, 4) is 0 Å². The van der Waals surface area contributed by atoms with Crippen LogP contribution in [0.1, 0.15) is 297 Å². The summed E-state index contributed by atoms with van der Waals surface area (Å²) >= 11 is 0. The van der Waals surface area contributed by atoms with E-state index >= 15 is 0 Å². The van der Waals surface area contributed by atoms with Crippen LogP contribution in [0.15, 0.2) is 207 Å². The number of phosphoric ester groups is 2. The fraction of sp³-hybridized carbons (Fsp3) is 0.591. The van der Waals surface area contributed by atoms with Gasteiger partial charge in [0.15, 0.2) is 12.2 Å². The predicted molar refractivity (Wildman–Crippen MR) is 463 cm³/mol. The molecule has 0 aromatic carbocycles. The number of aliphatic hydroxyl groups excluding tert-OH is 1. The maximum Gasteiger partial charge on any atom is 0.472 e. The number of unbranched alkanes of at least 4 members (excludes halogenated alkanes) is 17. The van der Waals surface area contributed by atoms with E-state index in [9.17, 15) is 43.2 Å². The van der Waals surface area contributed by atoms with Gasteiger partial charge in [-0.05, 0) is 180 Å². The Morgan fingerprint density at radius 3 is 0.795 bits per heavy atom. The number of allylic oxidation sites excluding steroid dienone is 34. The Morgan fingerprint density at radius 2 is 0.482 bits per heavy atom. The van der Waals surface area contributed by atoms with Crippen molar-refractivity contribution in [3.63, 3.8) is 0 Å². The molecule has 5 atom stereocenters. The third-order valence-electron chi connectivity index (χ3n) is 16.7. The van der Waals surface area contributed by atoms with Gasteiger partial charge in [-0.3, -0.25) is 37.3 Å². The quantitative estimate of drug-likeness (QED) is 0.0169. The topological polar surface area (TPSA) is 237 Å². The van der Waals surface area contributed by atoms with Crippen LogP contribution in [0.4, 0.5) is 0 Å². The average Bonchev–Trinajstić information content (AvgIpc) is 0.898. The van der Waals surface area contributed by atoms with E-state index in [2.05, 4.69) is 198 Å². The molecule has 0 aliphatic carbocycles. The molecule has 0 aliphatic heterocycles. The summed E-state index contributed by atoms with van der Waals surface area (Å²) in [6, 6.07) is 0. The van der Waals surface area contributed by atoms with Gasteiger partial charge in [-0.1, -0.05) is 298 Å². The van der Waals surface area contributed by atoms with Crippen LogP contribution in [0.25, 0.3) is 0 Å². The molecule has 17 nitrogen and oxygen atoms in total. The first-order chi connectivity index (χ1) is 54.7. The number of hydrogen-bond acceptors (Lipinski definition) is 15. The first-order valence-electron chi connectivity index (χ1n) is 42.3. The lowest BCUT2D eigenvalue weighted by atomic mass is 10.1. The third kappa shape index (κ3) is 81.6. The summed E-state index contributed by atoms with van der Waals surface area (Å²) in [5.74, 6) is -2.44. The van der Waals surface area contributed by atoms with Crippen LogP contribution in [-0.2, 0) is 65.4 Å². The Morgan fingerprint density at radius 1 is 0.259 bits per heavy atom. The van der Waals surface area contributed by atoms with Crippen molar-refractivity contribution in [2.24, 2.45) is 0 Å². The second-order valence-electron chi connectivity index (χ2n) is 27.3. The Kier molecular flexibility index (Phi) is 77.9. The fourth-order valence-electron chi connectivity index (χ4n) is 10.3. The van der Waals surface area contributed by atoms with Crippen LogP contribution < -0.4 is 0 Å². The molecule has 2 unspecified atom stereocenters. The molecule has 0 saturated carbocycles. The third-order valence-corrected chi connectivity index (χ3v) is 18.6. The highest BCUT2D eigenvalue weighted by molar-refractivity contribution is 7.47. The van der Waals surface area contributed by atoms with Crippen molar-refractivity contribution in [1.29, 1.82) is 0 Å². The summed E-state index contributed by atoms with van der Waals surface area (Å²) in [7, 11) is -10.0.